The zero-order valence-electron chi connectivity index (χ0n) is 8.48. The van der Waals surface area contributed by atoms with Crippen LogP contribution in [0.4, 0.5) is 5.69 Å². The van der Waals surface area contributed by atoms with Gasteiger partial charge in [-0.05, 0) is 18.4 Å². The molecule has 16 heavy (non-hydrogen) atoms. The van der Waals surface area contributed by atoms with Crippen molar-refractivity contribution in [1.29, 1.82) is 0 Å². The van der Waals surface area contributed by atoms with Crippen LogP contribution in [-0.2, 0) is 10.3 Å². The number of non-ortho nitro benzene ring substituents is 1. The number of halogens is 1. The van der Waals surface area contributed by atoms with Crippen LogP contribution in [0.1, 0.15) is 18.4 Å². The molecule has 0 unspecified atom stereocenters. The van der Waals surface area contributed by atoms with Gasteiger partial charge in [-0.25, -0.2) is 5.90 Å². The predicted octanol–water partition coefficient (Wildman–Crippen LogP) is 2.28. The maximum absolute atomic E-state index is 10.6. The van der Waals surface area contributed by atoms with Gasteiger partial charge in [0, 0.05) is 22.0 Å². The Kier molecular flexibility index (Phi) is 2.96. The Hall–Kier alpha value is -0.980. The maximum Gasteiger partial charge on any atom is 0.270 e. The molecule has 0 amide bonds. The predicted molar refractivity (Wildman–Crippen MR) is 61.8 cm³/mol. The zero-order chi connectivity index (χ0) is 11.8. The molecule has 0 aromatic heterocycles. The fraction of sp³-hybridized carbons (Fsp3) is 0.400. The molecule has 0 saturated heterocycles. The summed E-state index contributed by atoms with van der Waals surface area (Å²) in [5.74, 6) is 5.10. The Labute approximate surface area is 101 Å². The van der Waals surface area contributed by atoms with Gasteiger partial charge in [-0.3, -0.25) is 10.1 Å². The van der Waals surface area contributed by atoms with E-state index in [1.807, 2.05) is 0 Å². The summed E-state index contributed by atoms with van der Waals surface area (Å²) in [6.07, 6.45) is 2.00. The van der Waals surface area contributed by atoms with E-state index >= 15 is 0 Å². The number of nitrogens with two attached hydrogens (primary N) is 1. The lowest BCUT2D eigenvalue weighted by atomic mass is 9.97. The molecule has 2 N–H and O–H groups in total. The summed E-state index contributed by atoms with van der Waals surface area (Å²) in [5, 5.41) is 10.6. The van der Waals surface area contributed by atoms with E-state index in [0.29, 0.717) is 6.61 Å². The van der Waals surface area contributed by atoms with Crippen molar-refractivity contribution in [2.45, 2.75) is 18.3 Å². The van der Waals surface area contributed by atoms with E-state index in [0.717, 1.165) is 22.9 Å². The summed E-state index contributed by atoms with van der Waals surface area (Å²) in [4.78, 5) is 14.9. The lowest BCUT2D eigenvalue weighted by molar-refractivity contribution is -0.384. The molecule has 0 heterocycles. The molecule has 1 aromatic rings. The van der Waals surface area contributed by atoms with Crippen molar-refractivity contribution in [3.8, 4) is 0 Å². The summed E-state index contributed by atoms with van der Waals surface area (Å²) >= 11 is 3.36. The van der Waals surface area contributed by atoms with Crippen LogP contribution in [0.25, 0.3) is 0 Å². The molecule has 0 atom stereocenters. The molecule has 0 aliphatic heterocycles. The van der Waals surface area contributed by atoms with Crippen LogP contribution in [0.5, 0.6) is 0 Å². The minimum Gasteiger partial charge on any atom is -0.304 e. The van der Waals surface area contributed by atoms with Gasteiger partial charge in [-0.1, -0.05) is 22.0 Å². The van der Waals surface area contributed by atoms with Crippen LogP contribution in [-0.4, -0.2) is 11.5 Å². The average molecular weight is 287 g/mol. The van der Waals surface area contributed by atoms with E-state index in [-0.39, 0.29) is 11.1 Å². The number of nitro benzene ring substituents is 1. The highest BCUT2D eigenvalue weighted by Crippen LogP contribution is 2.50. The molecule has 2 rings (SSSR count). The van der Waals surface area contributed by atoms with E-state index in [9.17, 15) is 10.1 Å². The standard InChI is InChI=1S/C10H11BrN2O3/c11-9-5-7(13(14)15)1-2-8(9)10(3-4-10)6-16-12/h1-2,5H,3-4,6,12H2. The van der Waals surface area contributed by atoms with Crippen molar-refractivity contribution in [3.63, 3.8) is 0 Å². The number of hydrogen-bond acceptors (Lipinski definition) is 4. The third kappa shape index (κ3) is 1.95. The second kappa shape index (κ2) is 4.12. The molecule has 0 radical (unpaired) electrons. The largest absolute Gasteiger partial charge is 0.304 e. The van der Waals surface area contributed by atoms with Crippen molar-refractivity contribution >= 4 is 21.6 Å². The zero-order valence-corrected chi connectivity index (χ0v) is 10.1. The van der Waals surface area contributed by atoms with Crippen LogP contribution in [0, 0.1) is 10.1 Å². The van der Waals surface area contributed by atoms with Crippen LogP contribution in [0.2, 0.25) is 0 Å². The second-order valence-electron chi connectivity index (χ2n) is 4.01. The van der Waals surface area contributed by atoms with Gasteiger partial charge in [-0.15, -0.1) is 0 Å². The first-order valence-electron chi connectivity index (χ1n) is 4.85. The van der Waals surface area contributed by atoms with Gasteiger partial charge >= 0.3 is 0 Å². The monoisotopic (exact) mass is 286 g/mol. The lowest BCUT2D eigenvalue weighted by Crippen LogP contribution is -2.18. The molecule has 5 nitrogen and oxygen atoms in total. The fourth-order valence-corrected chi connectivity index (χ4v) is 2.64. The Bertz CT molecular complexity index is 432. The smallest absolute Gasteiger partial charge is 0.270 e. The van der Waals surface area contributed by atoms with Gasteiger partial charge in [0.15, 0.2) is 0 Å². The van der Waals surface area contributed by atoms with Gasteiger partial charge < -0.3 is 4.84 Å². The summed E-state index contributed by atoms with van der Waals surface area (Å²) in [5.41, 5.74) is 1.06. The van der Waals surface area contributed by atoms with Crippen molar-refractivity contribution < 1.29 is 9.76 Å². The summed E-state index contributed by atoms with van der Waals surface area (Å²) in [6.45, 7) is 0.448. The van der Waals surface area contributed by atoms with Crippen LogP contribution < -0.4 is 5.90 Å². The molecule has 1 fully saturated rings. The maximum atomic E-state index is 10.6. The highest BCUT2D eigenvalue weighted by atomic mass is 79.9. The number of rotatable bonds is 4. The van der Waals surface area contributed by atoms with E-state index in [1.54, 1.807) is 6.07 Å². The topological polar surface area (TPSA) is 78.4 Å². The lowest BCUT2D eigenvalue weighted by Gasteiger charge is -2.15. The van der Waals surface area contributed by atoms with Gasteiger partial charge in [-0.2, -0.15) is 0 Å². The van der Waals surface area contributed by atoms with E-state index < -0.39 is 4.92 Å². The molecule has 0 spiro atoms. The van der Waals surface area contributed by atoms with Crippen LogP contribution >= 0.6 is 15.9 Å². The van der Waals surface area contributed by atoms with Gasteiger partial charge in [0.2, 0.25) is 0 Å². The normalized spacial score (nSPS) is 17.1. The number of benzene rings is 1. The highest BCUT2D eigenvalue weighted by molar-refractivity contribution is 9.10. The van der Waals surface area contributed by atoms with Crippen molar-refractivity contribution in [1.82, 2.24) is 0 Å². The molecular weight excluding hydrogens is 276 g/mol. The first-order chi connectivity index (χ1) is 7.59. The van der Waals surface area contributed by atoms with Crippen LogP contribution in [0.15, 0.2) is 22.7 Å². The molecule has 0 bridgehead atoms. The first kappa shape index (κ1) is 11.5. The average Bonchev–Trinajstić information content (AvgIpc) is 2.99. The van der Waals surface area contributed by atoms with E-state index in [4.69, 9.17) is 10.7 Å². The van der Waals surface area contributed by atoms with Gasteiger partial charge in [0.05, 0.1) is 11.5 Å². The molecule has 86 valence electrons. The number of hydrogen-bond donors (Lipinski definition) is 1. The third-order valence-electron chi connectivity index (χ3n) is 2.95. The number of nitrogens with zero attached hydrogens (tertiary/aromatic N) is 1. The molecule has 6 heteroatoms. The Balaban J connectivity index is 2.33. The Morgan fingerprint density at radius 2 is 2.25 bits per heavy atom. The van der Waals surface area contributed by atoms with Gasteiger partial charge in [0.25, 0.3) is 5.69 Å². The summed E-state index contributed by atoms with van der Waals surface area (Å²) in [6, 6.07) is 4.80. The van der Waals surface area contributed by atoms with Gasteiger partial charge in [0.1, 0.15) is 0 Å². The Morgan fingerprint density at radius 3 is 2.69 bits per heavy atom. The molecule has 1 aliphatic carbocycles. The minimum absolute atomic E-state index is 0.0529. The quantitative estimate of drug-likeness (QED) is 0.680. The molecule has 1 aliphatic rings. The summed E-state index contributed by atoms with van der Waals surface area (Å²) < 4.78 is 0.747. The fourth-order valence-electron chi connectivity index (χ4n) is 1.85. The van der Waals surface area contributed by atoms with Crippen molar-refractivity contribution in [2.75, 3.05) is 6.61 Å². The Morgan fingerprint density at radius 1 is 1.56 bits per heavy atom. The second-order valence-corrected chi connectivity index (χ2v) is 4.87. The summed E-state index contributed by atoms with van der Waals surface area (Å²) in [7, 11) is 0. The first-order valence-corrected chi connectivity index (χ1v) is 5.64. The van der Waals surface area contributed by atoms with Crippen molar-refractivity contribution in [3.05, 3.63) is 38.3 Å². The SMILES string of the molecule is NOCC1(c2ccc([N+](=O)[O-])cc2Br)CC1. The van der Waals surface area contributed by atoms with Crippen molar-refractivity contribution in [2.24, 2.45) is 5.90 Å². The van der Waals surface area contributed by atoms with Crippen LogP contribution in [0.3, 0.4) is 0 Å². The molecule has 1 saturated carbocycles. The molecular formula is C10H11BrN2O3. The minimum atomic E-state index is -0.409. The van der Waals surface area contributed by atoms with E-state index in [2.05, 4.69) is 15.9 Å². The third-order valence-corrected chi connectivity index (χ3v) is 3.60. The van der Waals surface area contributed by atoms with E-state index in [1.165, 1.54) is 12.1 Å². The molecule has 1 aromatic carbocycles. The number of nitro groups is 1. The highest BCUT2D eigenvalue weighted by Gasteiger charge is 2.46.